The Balaban J connectivity index is 3.00. The van der Waals surface area contributed by atoms with Gasteiger partial charge in [0.25, 0.3) is 0 Å². The quantitative estimate of drug-likeness (QED) is 0.707. The topological polar surface area (TPSA) is 18.5 Å². The van der Waals surface area contributed by atoms with Gasteiger partial charge < -0.3 is 9.47 Å². The van der Waals surface area contributed by atoms with Gasteiger partial charge in [-0.2, -0.15) is 4.39 Å². The maximum Gasteiger partial charge on any atom is 0.233 e. The molecule has 0 radical (unpaired) electrons. The molecular formula is C8H10F2O2S. The van der Waals surface area contributed by atoms with Gasteiger partial charge in [0.1, 0.15) is 6.67 Å². The lowest BCUT2D eigenvalue weighted by molar-refractivity contribution is -0.222. The molecule has 0 amide bonds. The molecule has 0 aliphatic rings. The summed E-state index contributed by atoms with van der Waals surface area (Å²) in [5.41, 5.74) is 0. The van der Waals surface area contributed by atoms with Crippen LogP contribution in [-0.2, 0) is 15.3 Å². The van der Waals surface area contributed by atoms with Gasteiger partial charge in [-0.25, -0.2) is 4.39 Å². The molecule has 1 rings (SSSR count). The second-order valence-electron chi connectivity index (χ2n) is 2.40. The van der Waals surface area contributed by atoms with Crippen molar-refractivity contribution in [1.29, 1.82) is 0 Å². The summed E-state index contributed by atoms with van der Waals surface area (Å²) in [6.07, 6.45) is 0. The van der Waals surface area contributed by atoms with Gasteiger partial charge in [-0.3, -0.25) is 0 Å². The molecule has 5 heteroatoms. The molecule has 0 aliphatic carbocycles. The predicted octanol–water partition coefficient (Wildman–Crippen LogP) is 2.30. The zero-order valence-electron chi connectivity index (χ0n) is 7.34. The molecule has 13 heavy (non-hydrogen) atoms. The largest absolute Gasteiger partial charge is 0.347 e. The fourth-order valence-corrected chi connectivity index (χ4v) is 1.84. The van der Waals surface area contributed by atoms with Gasteiger partial charge in [0.15, 0.2) is 5.13 Å². The third-order valence-corrected chi connectivity index (χ3v) is 2.78. The van der Waals surface area contributed by atoms with E-state index in [4.69, 9.17) is 9.47 Å². The molecule has 0 aromatic carbocycles. The minimum absolute atomic E-state index is 0.387. The number of ether oxygens (including phenoxy) is 2. The molecule has 0 bridgehead atoms. The number of rotatable bonds is 4. The number of methoxy groups -OCH3 is 2. The molecule has 0 fully saturated rings. The standard InChI is InChI=1S/C8H10F2O2S/c1-11-8(5-9,12-2)6-3-4-7(10)13-6/h3-4H,5H2,1-2H3. The number of thiophene rings is 1. The highest BCUT2D eigenvalue weighted by Gasteiger charge is 2.34. The Bertz CT molecular complexity index is 263. The first-order chi connectivity index (χ1) is 6.18. The fourth-order valence-electron chi connectivity index (χ4n) is 0.978. The average molecular weight is 208 g/mol. The Morgan fingerprint density at radius 2 is 2.00 bits per heavy atom. The summed E-state index contributed by atoms with van der Waals surface area (Å²) in [7, 11) is 2.64. The highest BCUT2D eigenvalue weighted by atomic mass is 32.1. The Kier molecular flexibility index (Phi) is 3.35. The number of hydrogen-bond donors (Lipinski definition) is 0. The van der Waals surface area contributed by atoms with Crippen molar-refractivity contribution in [2.75, 3.05) is 20.9 Å². The van der Waals surface area contributed by atoms with Crippen molar-refractivity contribution in [3.05, 3.63) is 22.1 Å². The van der Waals surface area contributed by atoms with Crippen LogP contribution in [0.3, 0.4) is 0 Å². The highest BCUT2D eigenvalue weighted by molar-refractivity contribution is 7.10. The van der Waals surface area contributed by atoms with Crippen LogP contribution in [0.2, 0.25) is 0 Å². The van der Waals surface area contributed by atoms with Crippen molar-refractivity contribution in [2.45, 2.75) is 5.79 Å². The smallest absolute Gasteiger partial charge is 0.233 e. The number of halogens is 2. The fraction of sp³-hybridized carbons (Fsp3) is 0.500. The van der Waals surface area contributed by atoms with Gasteiger partial charge in [0.2, 0.25) is 5.79 Å². The van der Waals surface area contributed by atoms with Gasteiger partial charge in [0.05, 0.1) is 4.88 Å². The van der Waals surface area contributed by atoms with E-state index in [1.165, 1.54) is 26.4 Å². The van der Waals surface area contributed by atoms with Gasteiger partial charge in [-0.05, 0) is 12.1 Å². The van der Waals surface area contributed by atoms with Crippen LogP contribution in [0.25, 0.3) is 0 Å². The molecule has 0 N–H and O–H groups in total. The van der Waals surface area contributed by atoms with Gasteiger partial charge in [-0.1, -0.05) is 0 Å². The normalized spacial score (nSPS) is 12.0. The molecule has 1 heterocycles. The van der Waals surface area contributed by atoms with Gasteiger partial charge in [-0.15, -0.1) is 11.3 Å². The van der Waals surface area contributed by atoms with Crippen molar-refractivity contribution in [3.8, 4) is 0 Å². The van der Waals surface area contributed by atoms with E-state index in [9.17, 15) is 8.78 Å². The van der Waals surface area contributed by atoms with Crippen molar-refractivity contribution < 1.29 is 18.3 Å². The molecule has 0 atom stereocenters. The average Bonchev–Trinajstić information content (AvgIpc) is 2.57. The van der Waals surface area contributed by atoms with Crippen LogP contribution in [-0.4, -0.2) is 20.9 Å². The van der Waals surface area contributed by atoms with E-state index in [1.807, 2.05) is 0 Å². The summed E-state index contributed by atoms with van der Waals surface area (Å²) in [6.45, 7) is -0.847. The van der Waals surface area contributed by atoms with Crippen molar-refractivity contribution in [1.82, 2.24) is 0 Å². The molecule has 74 valence electrons. The van der Waals surface area contributed by atoms with E-state index >= 15 is 0 Å². The molecule has 0 unspecified atom stereocenters. The molecule has 1 aromatic rings. The first-order valence-electron chi connectivity index (χ1n) is 3.60. The van der Waals surface area contributed by atoms with Gasteiger partial charge >= 0.3 is 0 Å². The Morgan fingerprint density at radius 3 is 2.31 bits per heavy atom. The van der Waals surface area contributed by atoms with Crippen molar-refractivity contribution >= 4 is 11.3 Å². The summed E-state index contributed by atoms with van der Waals surface area (Å²) in [5, 5.41) is -0.387. The van der Waals surface area contributed by atoms with Crippen molar-refractivity contribution in [2.24, 2.45) is 0 Å². The first kappa shape index (κ1) is 10.6. The second-order valence-corrected chi connectivity index (χ2v) is 3.43. The minimum atomic E-state index is -1.45. The lowest BCUT2D eigenvalue weighted by Crippen LogP contribution is -2.32. The van der Waals surface area contributed by atoms with Gasteiger partial charge in [0, 0.05) is 14.2 Å². The molecular weight excluding hydrogens is 198 g/mol. The van der Waals surface area contributed by atoms with E-state index in [0.717, 1.165) is 11.3 Å². The van der Waals surface area contributed by atoms with Crippen LogP contribution in [0.5, 0.6) is 0 Å². The molecule has 0 spiro atoms. The summed E-state index contributed by atoms with van der Waals surface area (Å²) >= 11 is 0.812. The number of hydrogen-bond acceptors (Lipinski definition) is 3. The molecule has 1 aromatic heterocycles. The molecule has 0 aliphatic heterocycles. The summed E-state index contributed by atoms with van der Waals surface area (Å²) < 4.78 is 35.1. The SMILES string of the molecule is COC(CF)(OC)c1ccc(F)s1. The first-order valence-corrected chi connectivity index (χ1v) is 4.42. The number of alkyl halides is 1. The Hall–Kier alpha value is -0.520. The summed E-state index contributed by atoms with van der Waals surface area (Å²) in [6, 6.07) is 2.70. The van der Waals surface area contributed by atoms with E-state index < -0.39 is 12.5 Å². The lowest BCUT2D eigenvalue weighted by atomic mass is 10.2. The second kappa shape index (κ2) is 4.13. The van der Waals surface area contributed by atoms with Crippen LogP contribution in [0.15, 0.2) is 12.1 Å². The third-order valence-electron chi connectivity index (χ3n) is 1.78. The van der Waals surface area contributed by atoms with E-state index in [1.54, 1.807) is 0 Å². The molecule has 2 nitrogen and oxygen atoms in total. The summed E-state index contributed by atoms with van der Waals surface area (Å²) in [5.74, 6) is -1.45. The van der Waals surface area contributed by atoms with E-state index in [2.05, 4.69) is 0 Å². The maximum absolute atomic E-state index is 12.7. The van der Waals surface area contributed by atoms with Crippen LogP contribution in [0.1, 0.15) is 4.88 Å². The minimum Gasteiger partial charge on any atom is -0.347 e. The van der Waals surface area contributed by atoms with Crippen LogP contribution < -0.4 is 0 Å². The highest BCUT2D eigenvalue weighted by Crippen LogP contribution is 2.31. The third kappa shape index (κ3) is 1.87. The monoisotopic (exact) mass is 208 g/mol. The van der Waals surface area contributed by atoms with E-state index in [0.29, 0.717) is 4.88 Å². The zero-order chi connectivity index (χ0) is 9.90. The predicted molar refractivity (Wildman–Crippen MR) is 45.9 cm³/mol. The van der Waals surface area contributed by atoms with Crippen LogP contribution in [0, 0.1) is 5.13 Å². The lowest BCUT2D eigenvalue weighted by Gasteiger charge is -2.26. The summed E-state index contributed by atoms with van der Waals surface area (Å²) in [4.78, 5) is 0.387. The Labute approximate surface area is 79.1 Å². The molecule has 0 saturated heterocycles. The van der Waals surface area contributed by atoms with E-state index in [-0.39, 0.29) is 5.13 Å². The van der Waals surface area contributed by atoms with Crippen LogP contribution in [0.4, 0.5) is 8.78 Å². The maximum atomic E-state index is 12.7. The van der Waals surface area contributed by atoms with Crippen LogP contribution >= 0.6 is 11.3 Å². The zero-order valence-corrected chi connectivity index (χ0v) is 8.16. The molecule has 0 saturated carbocycles. The van der Waals surface area contributed by atoms with Crippen molar-refractivity contribution in [3.63, 3.8) is 0 Å². The Morgan fingerprint density at radius 1 is 1.38 bits per heavy atom.